The molecule has 0 unspecified atom stereocenters. The first-order valence-electron chi connectivity index (χ1n) is 5.32. The summed E-state index contributed by atoms with van der Waals surface area (Å²) in [7, 11) is 0. The van der Waals surface area contributed by atoms with Crippen molar-refractivity contribution in [2.45, 2.75) is 13.3 Å². The minimum atomic E-state index is 0.228. The second-order valence-corrected chi connectivity index (χ2v) is 3.71. The molecule has 2 nitrogen and oxygen atoms in total. The van der Waals surface area contributed by atoms with Crippen molar-refractivity contribution in [3.05, 3.63) is 48.0 Å². The van der Waals surface area contributed by atoms with Gasteiger partial charge >= 0.3 is 0 Å². The average Bonchev–Trinajstić information content (AvgIpc) is 2.29. The van der Waals surface area contributed by atoms with Crippen LogP contribution in [-0.4, -0.2) is 10.2 Å². The Bertz CT molecular complexity index is 504. The molecule has 0 aliphatic rings. The third kappa shape index (κ3) is 1.87. The van der Waals surface area contributed by atoms with Gasteiger partial charge in [0.05, 0.1) is 0 Å². The highest BCUT2D eigenvalue weighted by atomic mass is 16.3. The predicted molar refractivity (Wildman–Crippen MR) is 64.6 cm³/mol. The summed E-state index contributed by atoms with van der Waals surface area (Å²) in [6, 6.07) is 12.6. The molecule has 2 rings (SSSR count). The number of phenolic OH excluding ortho intramolecular Hbond substituents is 2. The van der Waals surface area contributed by atoms with Crippen molar-refractivity contribution in [2.24, 2.45) is 0 Å². The number of hydrogen-bond acceptors (Lipinski definition) is 2. The van der Waals surface area contributed by atoms with E-state index in [1.165, 1.54) is 0 Å². The molecule has 0 heterocycles. The Hall–Kier alpha value is -1.96. The normalized spacial score (nSPS) is 10.3. The van der Waals surface area contributed by atoms with Gasteiger partial charge in [-0.25, -0.2) is 0 Å². The first-order valence-corrected chi connectivity index (χ1v) is 5.32. The molecule has 0 saturated carbocycles. The predicted octanol–water partition coefficient (Wildman–Crippen LogP) is 3.33. The van der Waals surface area contributed by atoms with Gasteiger partial charge in [-0.15, -0.1) is 0 Å². The molecule has 0 atom stereocenters. The van der Waals surface area contributed by atoms with Crippen LogP contribution in [0.4, 0.5) is 0 Å². The van der Waals surface area contributed by atoms with Crippen LogP contribution in [0.5, 0.6) is 11.5 Å². The fourth-order valence-corrected chi connectivity index (χ4v) is 1.75. The minimum Gasteiger partial charge on any atom is -0.508 e. The van der Waals surface area contributed by atoms with E-state index in [0.29, 0.717) is 0 Å². The Balaban J connectivity index is 2.50. The summed E-state index contributed by atoms with van der Waals surface area (Å²) < 4.78 is 0. The van der Waals surface area contributed by atoms with E-state index >= 15 is 0 Å². The molecule has 0 bridgehead atoms. The molecule has 2 aromatic rings. The second-order valence-electron chi connectivity index (χ2n) is 3.71. The van der Waals surface area contributed by atoms with E-state index in [9.17, 15) is 10.2 Å². The van der Waals surface area contributed by atoms with Crippen molar-refractivity contribution in [2.75, 3.05) is 0 Å². The third-order valence-electron chi connectivity index (χ3n) is 2.68. The van der Waals surface area contributed by atoms with Crippen molar-refractivity contribution in [3.8, 4) is 22.6 Å². The molecule has 0 saturated heterocycles. The van der Waals surface area contributed by atoms with Crippen molar-refractivity contribution in [3.63, 3.8) is 0 Å². The topological polar surface area (TPSA) is 40.5 Å². The highest BCUT2D eigenvalue weighted by molar-refractivity contribution is 5.71. The Labute approximate surface area is 94.8 Å². The molecule has 2 heteroatoms. The van der Waals surface area contributed by atoms with Gasteiger partial charge < -0.3 is 10.2 Å². The van der Waals surface area contributed by atoms with Crippen LogP contribution >= 0.6 is 0 Å². The first-order chi connectivity index (χ1) is 7.72. The van der Waals surface area contributed by atoms with Crippen LogP contribution in [0.1, 0.15) is 12.5 Å². The zero-order valence-electron chi connectivity index (χ0n) is 9.14. The van der Waals surface area contributed by atoms with E-state index in [4.69, 9.17) is 0 Å². The van der Waals surface area contributed by atoms with Crippen LogP contribution in [0.15, 0.2) is 42.5 Å². The van der Waals surface area contributed by atoms with E-state index in [0.717, 1.165) is 23.1 Å². The maximum Gasteiger partial charge on any atom is 0.123 e. The van der Waals surface area contributed by atoms with Gasteiger partial charge in [0.15, 0.2) is 0 Å². The van der Waals surface area contributed by atoms with Crippen molar-refractivity contribution >= 4 is 0 Å². The SMILES string of the molecule is CCc1ccc(-c2ccccc2O)cc1O. The Morgan fingerprint density at radius 2 is 1.69 bits per heavy atom. The standard InChI is InChI=1S/C14H14O2/c1-2-10-7-8-11(9-14(10)16)12-5-3-4-6-13(12)15/h3-9,15-16H,2H2,1H3. The summed E-state index contributed by atoms with van der Waals surface area (Å²) in [4.78, 5) is 0. The molecular formula is C14H14O2. The maximum atomic E-state index is 9.76. The van der Waals surface area contributed by atoms with E-state index in [1.54, 1.807) is 18.2 Å². The van der Waals surface area contributed by atoms with Crippen LogP contribution in [0.25, 0.3) is 11.1 Å². The lowest BCUT2D eigenvalue weighted by atomic mass is 10.0. The molecule has 2 aromatic carbocycles. The Morgan fingerprint density at radius 3 is 2.31 bits per heavy atom. The van der Waals surface area contributed by atoms with Crippen LogP contribution in [0, 0.1) is 0 Å². The van der Waals surface area contributed by atoms with Gasteiger partial charge in [-0.3, -0.25) is 0 Å². The quantitative estimate of drug-likeness (QED) is 0.805. The largest absolute Gasteiger partial charge is 0.508 e. The number of para-hydroxylation sites is 1. The Kier molecular flexibility index (Phi) is 2.82. The molecule has 0 amide bonds. The smallest absolute Gasteiger partial charge is 0.123 e. The molecule has 0 radical (unpaired) electrons. The molecule has 0 aliphatic heterocycles. The minimum absolute atomic E-state index is 0.228. The lowest BCUT2D eigenvalue weighted by Crippen LogP contribution is -1.84. The molecular weight excluding hydrogens is 200 g/mol. The lowest BCUT2D eigenvalue weighted by Gasteiger charge is -2.07. The zero-order chi connectivity index (χ0) is 11.5. The van der Waals surface area contributed by atoms with E-state index in [1.807, 2.05) is 31.2 Å². The van der Waals surface area contributed by atoms with Gasteiger partial charge in [0.25, 0.3) is 0 Å². The van der Waals surface area contributed by atoms with E-state index < -0.39 is 0 Å². The lowest BCUT2D eigenvalue weighted by molar-refractivity contribution is 0.468. The van der Waals surface area contributed by atoms with Gasteiger partial charge in [-0.05, 0) is 29.7 Å². The van der Waals surface area contributed by atoms with E-state index in [2.05, 4.69) is 0 Å². The molecule has 16 heavy (non-hydrogen) atoms. The summed E-state index contributed by atoms with van der Waals surface area (Å²) in [5.41, 5.74) is 2.48. The number of aryl methyl sites for hydroxylation is 1. The number of benzene rings is 2. The average molecular weight is 214 g/mol. The van der Waals surface area contributed by atoms with Gasteiger partial charge in [-0.2, -0.15) is 0 Å². The van der Waals surface area contributed by atoms with E-state index in [-0.39, 0.29) is 11.5 Å². The molecule has 0 spiro atoms. The first kappa shape index (κ1) is 10.6. The maximum absolute atomic E-state index is 9.76. The summed E-state index contributed by atoms with van der Waals surface area (Å²) in [6.45, 7) is 1.99. The van der Waals surface area contributed by atoms with Crippen LogP contribution in [0.3, 0.4) is 0 Å². The fraction of sp³-hybridized carbons (Fsp3) is 0.143. The second kappa shape index (κ2) is 4.27. The Morgan fingerprint density at radius 1 is 0.938 bits per heavy atom. The van der Waals surface area contributed by atoms with Crippen LogP contribution in [0.2, 0.25) is 0 Å². The summed E-state index contributed by atoms with van der Waals surface area (Å²) in [5.74, 6) is 0.509. The molecule has 82 valence electrons. The zero-order valence-corrected chi connectivity index (χ0v) is 9.14. The molecule has 0 fully saturated rings. The monoisotopic (exact) mass is 214 g/mol. The highest BCUT2D eigenvalue weighted by Gasteiger charge is 2.06. The summed E-state index contributed by atoms with van der Waals surface area (Å²) in [5, 5.41) is 19.5. The highest BCUT2D eigenvalue weighted by Crippen LogP contribution is 2.32. The molecule has 0 aromatic heterocycles. The number of hydrogen-bond donors (Lipinski definition) is 2. The third-order valence-corrected chi connectivity index (χ3v) is 2.68. The number of phenols is 2. The van der Waals surface area contributed by atoms with Gasteiger partial charge in [0, 0.05) is 5.56 Å². The van der Waals surface area contributed by atoms with Crippen molar-refractivity contribution in [1.29, 1.82) is 0 Å². The summed E-state index contributed by atoms with van der Waals surface area (Å²) in [6.07, 6.45) is 0.798. The van der Waals surface area contributed by atoms with Crippen LogP contribution < -0.4 is 0 Å². The van der Waals surface area contributed by atoms with Crippen molar-refractivity contribution < 1.29 is 10.2 Å². The molecule has 2 N–H and O–H groups in total. The van der Waals surface area contributed by atoms with Gasteiger partial charge in [0.1, 0.15) is 11.5 Å². The summed E-state index contributed by atoms with van der Waals surface area (Å²) >= 11 is 0. The van der Waals surface area contributed by atoms with Crippen molar-refractivity contribution in [1.82, 2.24) is 0 Å². The van der Waals surface area contributed by atoms with Gasteiger partial charge in [-0.1, -0.05) is 37.3 Å². The number of rotatable bonds is 2. The fourth-order valence-electron chi connectivity index (χ4n) is 1.75. The molecule has 0 aliphatic carbocycles. The van der Waals surface area contributed by atoms with Gasteiger partial charge in [0.2, 0.25) is 0 Å². The van der Waals surface area contributed by atoms with Crippen LogP contribution in [-0.2, 0) is 6.42 Å². The number of aromatic hydroxyl groups is 2.